The highest BCUT2D eigenvalue weighted by atomic mass is 35.5. The van der Waals surface area contributed by atoms with Gasteiger partial charge in [-0.15, -0.1) is 12.4 Å². The standard InChI is InChI=1S/C14H22N4O.ClH/c1-10-8-11(6-7-15-10)14(19)17-13-5-4-12(9-16-13)18(2)3;/h4-5,9-11,15H,6-8H2,1-3H3,(H,16,17,19);1H/t10-,11-;/m0./s1. The van der Waals surface area contributed by atoms with E-state index in [0.29, 0.717) is 11.9 Å². The minimum absolute atomic E-state index is 0. The van der Waals surface area contributed by atoms with Gasteiger partial charge in [0, 0.05) is 26.1 Å². The highest BCUT2D eigenvalue weighted by Gasteiger charge is 2.24. The summed E-state index contributed by atoms with van der Waals surface area (Å²) in [5.74, 6) is 0.798. The summed E-state index contributed by atoms with van der Waals surface area (Å²) in [6.45, 7) is 3.02. The van der Waals surface area contributed by atoms with Crippen molar-refractivity contribution in [2.24, 2.45) is 5.92 Å². The van der Waals surface area contributed by atoms with Crippen LogP contribution in [0.25, 0.3) is 0 Å². The molecule has 2 N–H and O–H groups in total. The van der Waals surface area contributed by atoms with Crippen LogP contribution in [-0.4, -0.2) is 37.6 Å². The van der Waals surface area contributed by atoms with Crippen LogP contribution in [0.15, 0.2) is 18.3 Å². The Hall–Kier alpha value is -1.33. The molecule has 6 heteroatoms. The number of halogens is 1. The number of hydrogen-bond donors (Lipinski definition) is 2. The van der Waals surface area contributed by atoms with E-state index in [-0.39, 0.29) is 24.2 Å². The van der Waals surface area contributed by atoms with Crippen LogP contribution in [0.1, 0.15) is 19.8 Å². The van der Waals surface area contributed by atoms with Crippen molar-refractivity contribution in [1.29, 1.82) is 0 Å². The number of amides is 1. The molecule has 0 unspecified atom stereocenters. The second kappa shape index (κ2) is 7.45. The van der Waals surface area contributed by atoms with Crippen LogP contribution in [0, 0.1) is 5.92 Å². The first-order valence-electron chi connectivity index (χ1n) is 6.74. The first-order chi connectivity index (χ1) is 9.06. The lowest BCUT2D eigenvalue weighted by molar-refractivity contribution is -0.120. The fourth-order valence-corrected chi connectivity index (χ4v) is 2.32. The number of pyridine rings is 1. The number of rotatable bonds is 3. The van der Waals surface area contributed by atoms with Gasteiger partial charge in [0.2, 0.25) is 5.91 Å². The molecule has 0 bridgehead atoms. The molecule has 1 aliphatic rings. The smallest absolute Gasteiger partial charge is 0.228 e. The molecule has 0 aromatic carbocycles. The minimum Gasteiger partial charge on any atom is -0.376 e. The Morgan fingerprint density at radius 3 is 2.75 bits per heavy atom. The van der Waals surface area contributed by atoms with E-state index in [2.05, 4.69) is 22.5 Å². The average Bonchev–Trinajstić information content (AvgIpc) is 2.39. The topological polar surface area (TPSA) is 57.3 Å². The molecular formula is C14H23ClN4O. The maximum Gasteiger partial charge on any atom is 0.228 e. The van der Waals surface area contributed by atoms with Crippen molar-refractivity contribution in [1.82, 2.24) is 10.3 Å². The van der Waals surface area contributed by atoms with E-state index in [9.17, 15) is 4.79 Å². The van der Waals surface area contributed by atoms with Crippen LogP contribution in [0.3, 0.4) is 0 Å². The van der Waals surface area contributed by atoms with Gasteiger partial charge in [-0.25, -0.2) is 4.98 Å². The number of aromatic nitrogens is 1. The molecule has 1 saturated heterocycles. The molecule has 0 aliphatic carbocycles. The van der Waals surface area contributed by atoms with Crippen molar-refractivity contribution in [2.75, 3.05) is 30.9 Å². The van der Waals surface area contributed by atoms with E-state index in [4.69, 9.17) is 0 Å². The predicted molar refractivity (Wildman–Crippen MR) is 84.6 cm³/mol. The monoisotopic (exact) mass is 298 g/mol. The summed E-state index contributed by atoms with van der Waals surface area (Å²) in [6, 6.07) is 4.21. The summed E-state index contributed by atoms with van der Waals surface area (Å²) in [4.78, 5) is 18.4. The van der Waals surface area contributed by atoms with E-state index in [1.54, 1.807) is 6.20 Å². The predicted octanol–water partition coefficient (Wildman–Crippen LogP) is 1.90. The zero-order valence-electron chi connectivity index (χ0n) is 12.2. The van der Waals surface area contributed by atoms with Gasteiger partial charge in [0.05, 0.1) is 11.9 Å². The Bertz CT molecular complexity index is 435. The fraction of sp³-hybridized carbons (Fsp3) is 0.571. The number of piperidine rings is 1. The molecule has 1 aromatic rings. The molecule has 5 nitrogen and oxygen atoms in total. The van der Waals surface area contributed by atoms with E-state index in [0.717, 1.165) is 25.1 Å². The third-order valence-corrected chi connectivity index (χ3v) is 3.51. The lowest BCUT2D eigenvalue weighted by Crippen LogP contribution is -2.40. The Balaban J connectivity index is 0.00000200. The third-order valence-electron chi connectivity index (χ3n) is 3.51. The molecule has 1 fully saturated rings. The average molecular weight is 299 g/mol. The molecule has 0 saturated carbocycles. The maximum absolute atomic E-state index is 12.1. The molecule has 20 heavy (non-hydrogen) atoms. The van der Waals surface area contributed by atoms with Gasteiger partial charge >= 0.3 is 0 Å². The van der Waals surface area contributed by atoms with Crippen LogP contribution in [0.4, 0.5) is 11.5 Å². The Kier molecular flexibility index (Phi) is 6.23. The summed E-state index contributed by atoms with van der Waals surface area (Å²) < 4.78 is 0. The first-order valence-corrected chi connectivity index (χ1v) is 6.74. The van der Waals surface area contributed by atoms with Gasteiger partial charge in [0.25, 0.3) is 0 Å². The van der Waals surface area contributed by atoms with Crippen molar-refractivity contribution in [3.63, 3.8) is 0 Å². The summed E-state index contributed by atoms with van der Waals surface area (Å²) in [6.07, 6.45) is 3.55. The molecule has 112 valence electrons. The van der Waals surface area contributed by atoms with Crippen LogP contribution < -0.4 is 15.5 Å². The zero-order chi connectivity index (χ0) is 13.8. The van der Waals surface area contributed by atoms with Gasteiger partial charge < -0.3 is 15.5 Å². The van der Waals surface area contributed by atoms with Gasteiger partial charge in [-0.05, 0) is 38.4 Å². The summed E-state index contributed by atoms with van der Waals surface area (Å²) >= 11 is 0. The number of anilines is 2. The fourth-order valence-electron chi connectivity index (χ4n) is 2.32. The molecule has 1 aliphatic heterocycles. The van der Waals surface area contributed by atoms with E-state index in [1.807, 2.05) is 31.1 Å². The minimum atomic E-state index is 0. The second-order valence-electron chi connectivity index (χ2n) is 5.36. The molecular weight excluding hydrogens is 276 g/mol. The van der Waals surface area contributed by atoms with Crippen LogP contribution in [-0.2, 0) is 4.79 Å². The van der Waals surface area contributed by atoms with Crippen molar-refractivity contribution >= 4 is 29.8 Å². The summed E-state index contributed by atoms with van der Waals surface area (Å²) in [5.41, 5.74) is 1.02. The highest BCUT2D eigenvalue weighted by Crippen LogP contribution is 2.18. The van der Waals surface area contributed by atoms with Gasteiger partial charge in [0.15, 0.2) is 0 Å². The number of nitrogens with one attached hydrogen (secondary N) is 2. The molecule has 2 rings (SSSR count). The molecule has 2 atom stereocenters. The van der Waals surface area contributed by atoms with Crippen molar-refractivity contribution in [2.45, 2.75) is 25.8 Å². The first kappa shape index (κ1) is 16.7. The van der Waals surface area contributed by atoms with Crippen LogP contribution in [0.5, 0.6) is 0 Å². The van der Waals surface area contributed by atoms with Crippen LogP contribution >= 0.6 is 12.4 Å². The quantitative estimate of drug-likeness (QED) is 0.895. The Labute approximate surface area is 126 Å². The molecule has 0 spiro atoms. The number of nitrogens with zero attached hydrogens (tertiary/aromatic N) is 2. The molecule has 1 aromatic heterocycles. The van der Waals surface area contributed by atoms with E-state index < -0.39 is 0 Å². The zero-order valence-corrected chi connectivity index (χ0v) is 13.0. The number of hydrogen-bond acceptors (Lipinski definition) is 4. The lowest BCUT2D eigenvalue weighted by Gasteiger charge is -2.26. The van der Waals surface area contributed by atoms with Crippen molar-refractivity contribution < 1.29 is 4.79 Å². The number of carbonyl (C=O) groups excluding carboxylic acids is 1. The Morgan fingerprint density at radius 1 is 1.45 bits per heavy atom. The Morgan fingerprint density at radius 2 is 2.20 bits per heavy atom. The van der Waals surface area contributed by atoms with Crippen LogP contribution in [0.2, 0.25) is 0 Å². The van der Waals surface area contributed by atoms with Crippen molar-refractivity contribution in [3.8, 4) is 0 Å². The van der Waals surface area contributed by atoms with Gasteiger partial charge in [-0.1, -0.05) is 0 Å². The summed E-state index contributed by atoms with van der Waals surface area (Å²) in [7, 11) is 3.93. The van der Waals surface area contributed by atoms with E-state index >= 15 is 0 Å². The molecule has 2 heterocycles. The normalized spacial score (nSPS) is 21.8. The van der Waals surface area contributed by atoms with Gasteiger partial charge in [-0.2, -0.15) is 0 Å². The summed E-state index contributed by atoms with van der Waals surface area (Å²) in [5, 5.41) is 6.25. The lowest BCUT2D eigenvalue weighted by atomic mass is 9.92. The van der Waals surface area contributed by atoms with E-state index in [1.165, 1.54) is 0 Å². The second-order valence-corrected chi connectivity index (χ2v) is 5.36. The highest BCUT2D eigenvalue weighted by molar-refractivity contribution is 5.91. The van der Waals surface area contributed by atoms with Gasteiger partial charge in [-0.3, -0.25) is 4.79 Å². The molecule has 1 amide bonds. The van der Waals surface area contributed by atoms with Crippen molar-refractivity contribution in [3.05, 3.63) is 18.3 Å². The third kappa shape index (κ3) is 4.35. The SMILES string of the molecule is C[C@H]1C[C@@H](C(=O)Nc2ccc(N(C)C)cn2)CCN1.Cl. The maximum atomic E-state index is 12.1. The molecule has 0 radical (unpaired) electrons. The van der Waals surface area contributed by atoms with Gasteiger partial charge in [0.1, 0.15) is 5.82 Å². The number of carbonyl (C=O) groups is 1. The largest absolute Gasteiger partial charge is 0.376 e.